The van der Waals surface area contributed by atoms with Gasteiger partial charge in [-0.15, -0.1) is 12.4 Å². The molecule has 3 rings (SSSR count). The molecule has 1 amide bonds. The third kappa shape index (κ3) is 4.26. The van der Waals surface area contributed by atoms with Gasteiger partial charge in [0.1, 0.15) is 6.04 Å². The van der Waals surface area contributed by atoms with Crippen LogP contribution in [0, 0.1) is 16.0 Å². The third-order valence-electron chi connectivity index (χ3n) is 4.76. The van der Waals surface area contributed by atoms with E-state index in [1.807, 2.05) is 13.8 Å². The van der Waals surface area contributed by atoms with Crippen LogP contribution in [0.25, 0.3) is 0 Å². The molecule has 1 aliphatic rings. The summed E-state index contributed by atoms with van der Waals surface area (Å²) >= 11 is 6.03. The van der Waals surface area contributed by atoms with Crippen molar-refractivity contribution in [1.82, 2.24) is 15.5 Å². The number of carbonyl (C=O) groups excluding carboxylic acids is 1. The van der Waals surface area contributed by atoms with Crippen molar-refractivity contribution in [3.63, 3.8) is 0 Å². The lowest BCUT2D eigenvalue weighted by molar-refractivity contribution is -0.384. The number of nitrogens with one attached hydrogen (secondary N) is 1. The standard InChI is InChI=1S/C17H20ClN5O4.ClH/c1-9(2)13(15-21-16(22-27-15)17(19)6-3-7-17)20-14(24)11-5-4-10(23(25)26)8-12(11)18;/h4-5,8-9,13H,3,6-7,19H2,1-2H3,(H,20,24);1H. The normalized spacial score (nSPS) is 16.0. The summed E-state index contributed by atoms with van der Waals surface area (Å²) in [5, 5.41) is 17.6. The fourth-order valence-corrected chi connectivity index (χ4v) is 3.14. The first-order valence-corrected chi connectivity index (χ1v) is 8.97. The Labute approximate surface area is 172 Å². The van der Waals surface area contributed by atoms with Crippen molar-refractivity contribution in [3.05, 3.63) is 50.6 Å². The number of nitro groups is 1. The summed E-state index contributed by atoms with van der Waals surface area (Å²) in [6.45, 7) is 3.79. The van der Waals surface area contributed by atoms with Crippen LogP contribution in [0.2, 0.25) is 5.02 Å². The van der Waals surface area contributed by atoms with Crippen LogP contribution in [-0.2, 0) is 5.54 Å². The summed E-state index contributed by atoms with van der Waals surface area (Å²) < 4.78 is 5.35. The lowest BCUT2D eigenvalue weighted by Gasteiger charge is -2.34. The number of nitrogens with zero attached hydrogens (tertiary/aromatic N) is 3. The lowest BCUT2D eigenvalue weighted by Crippen LogP contribution is -2.44. The number of halogens is 2. The average molecular weight is 430 g/mol. The smallest absolute Gasteiger partial charge is 0.270 e. The zero-order chi connectivity index (χ0) is 19.8. The second-order valence-electron chi connectivity index (χ2n) is 7.08. The van der Waals surface area contributed by atoms with Gasteiger partial charge in [-0.25, -0.2) is 0 Å². The Morgan fingerprint density at radius 2 is 2.11 bits per heavy atom. The Kier molecular flexibility index (Phi) is 6.63. The quantitative estimate of drug-likeness (QED) is 0.528. The van der Waals surface area contributed by atoms with Gasteiger partial charge in [0.2, 0.25) is 5.89 Å². The molecule has 1 fully saturated rings. The van der Waals surface area contributed by atoms with Crippen LogP contribution in [0.1, 0.15) is 61.2 Å². The van der Waals surface area contributed by atoms with Crippen molar-refractivity contribution >= 4 is 35.6 Å². The number of rotatable bonds is 6. The number of non-ortho nitro benzene ring substituents is 1. The van der Waals surface area contributed by atoms with Gasteiger partial charge >= 0.3 is 0 Å². The highest BCUT2D eigenvalue weighted by Gasteiger charge is 2.40. The van der Waals surface area contributed by atoms with Gasteiger partial charge in [-0.1, -0.05) is 30.6 Å². The monoisotopic (exact) mass is 429 g/mol. The molecular weight excluding hydrogens is 409 g/mol. The van der Waals surface area contributed by atoms with E-state index in [-0.39, 0.29) is 40.5 Å². The first-order valence-electron chi connectivity index (χ1n) is 8.59. The zero-order valence-corrected chi connectivity index (χ0v) is 16.9. The van der Waals surface area contributed by atoms with Crippen LogP contribution in [0.5, 0.6) is 0 Å². The molecule has 0 radical (unpaired) electrons. The molecule has 1 atom stereocenters. The fourth-order valence-electron chi connectivity index (χ4n) is 2.88. The molecule has 11 heteroatoms. The summed E-state index contributed by atoms with van der Waals surface area (Å²) in [7, 11) is 0. The molecule has 3 N–H and O–H groups in total. The number of nitro benzene ring substituents is 1. The van der Waals surface area contributed by atoms with Crippen molar-refractivity contribution < 1.29 is 14.2 Å². The van der Waals surface area contributed by atoms with Gasteiger partial charge in [0.25, 0.3) is 11.6 Å². The van der Waals surface area contributed by atoms with Crippen LogP contribution in [0.4, 0.5) is 5.69 Å². The summed E-state index contributed by atoms with van der Waals surface area (Å²) in [5.74, 6) is 0.175. The molecule has 1 aromatic heterocycles. The van der Waals surface area contributed by atoms with Crippen LogP contribution in [-0.4, -0.2) is 21.0 Å². The van der Waals surface area contributed by atoms with Crippen LogP contribution < -0.4 is 11.1 Å². The van der Waals surface area contributed by atoms with Gasteiger partial charge in [-0.2, -0.15) is 4.98 Å². The van der Waals surface area contributed by atoms with E-state index >= 15 is 0 Å². The minimum atomic E-state index is -0.576. The number of nitrogens with two attached hydrogens (primary N) is 1. The first kappa shape index (κ1) is 22.1. The first-order chi connectivity index (χ1) is 12.7. The van der Waals surface area contributed by atoms with Gasteiger partial charge < -0.3 is 15.6 Å². The molecule has 0 saturated heterocycles. The number of hydrogen-bond donors (Lipinski definition) is 2. The van der Waals surface area contributed by atoms with Gasteiger partial charge in [0, 0.05) is 12.1 Å². The molecule has 1 saturated carbocycles. The third-order valence-corrected chi connectivity index (χ3v) is 5.07. The van der Waals surface area contributed by atoms with Crippen molar-refractivity contribution in [2.45, 2.75) is 44.7 Å². The molecule has 28 heavy (non-hydrogen) atoms. The highest BCUT2D eigenvalue weighted by molar-refractivity contribution is 6.34. The molecule has 152 valence electrons. The predicted octanol–water partition coefficient (Wildman–Crippen LogP) is 3.52. The van der Waals surface area contributed by atoms with Gasteiger partial charge in [-0.3, -0.25) is 14.9 Å². The SMILES string of the molecule is CC(C)C(NC(=O)c1ccc([N+](=O)[O-])cc1Cl)c1nc(C2(N)CCC2)no1.Cl. The fraction of sp³-hybridized carbons (Fsp3) is 0.471. The highest BCUT2D eigenvalue weighted by atomic mass is 35.5. The Balaban J connectivity index is 0.00000280. The van der Waals surface area contributed by atoms with E-state index in [0.717, 1.165) is 25.3 Å². The van der Waals surface area contributed by atoms with Gasteiger partial charge in [0.15, 0.2) is 5.82 Å². The minimum absolute atomic E-state index is 0. The maximum absolute atomic E-state index is 12.6. The van der Waals surface area contributed by atoms with Crippen LogP contribution >= 0.6 is 24.0 Å². The average Bonchev–Trinajstić information content (AvgIpc) is 3.06. The van der Waals surface area contributed by atoms with Gasteiger partial charge in [0.05, 0.1) is 21.0 Å². The van der Waals surface area contributed by atoms with E-state index in [4.69, 9.17) is 21.9 Å². The number of hydrogen-bond acceptors (Lipinski definition) is 7. The molecule has 1 aliphatic carbocycles. The van der Waals surface area contributed by atoms with E-state index in [0.29, 0.717) is 5.82 Å². The van der Waals surface area contributed by atoms with E-state index in [9.17, 15) is 14.9 Å². The summed E-state index contributed by atoms with van der Waals surface area (Å²) in [5.41, 5.74) is 5.60. The summed E-state index contributed by atoms with van der Waals surface area (Å²) in [6, 6.07) is 3.13. The lowest BCUT2D eigenvalue weighted by atomic mass is 9.77. The molecule has 1 unspecified atom stereocenters. The van der Waals surface area contributed by atoms with E-state index in [1.54, 1.807) is 0 Å². The Morgan fingerprint density at radius 1 is 1.43 bits per heavy atom. The summed E-state index contributed by atoms with van der Waals surface area (Å²) in [4.78, 5) is 27.3. The Morgan fingerprint density at radius 3 is 2.61 bits per heavy atom. The molecular formula is C17H21Cl2N5O4. The zero-order valence-electron chi connectivity index (χ0n) is 15.3. The molecule has 0 bridgehead atoms. The van der Waals surface area contributed by atoms with Crippen molar-refractivity contribution in [1.29, 1.82) is 0 Å². The van der Waals surface area contributed by atoms with E-state index in [1.165, 1.54) is 12.1 Å². The van der Waals surface area contributed by atoms with Crippen molar-refractivity contribution in [2.24, 2.45) is 11.7 Å². The molecule has 1 heterocycles. The number of aromatic nitrogens is 2. The molecule has 1 aromatic carbocycles. The van der Waals surface area contributed by atoms with Gasteiger partial charge in [-0.05, 0) is 31.2 Å². The molecule has 2 aromatic rings. The van der Waals surface area contributed by atoms with Crippen LogP contribution in [0.15, 0.2) is 22.7 Å². The van der Waals surface area contributed by atoms with E-state index < -0.39 is 22.4 Å². The maximum atomic E-state index is 12.6. The maximum Gasteiger partial charge on any atom is 0.270 e. The number of amides is 1. The number of carbonyl (C=O) groups is 1. The van der Waals surface area contributed by atoms with Crippen molar-refractivity contribution in [2.75, 3.05) is 0 Å². The van der Waals surface area contributed by atoms with E-state index in [2.05, 4.69) is 15.5 Å². The molecule has 0 aliphatic heterocycles. The van der Waals surface area contributed by atoms with Crippen molar-refractivity contribution in [3.8, 4) is 0 Å². The number of benzene rings is 1. The summed E-state index contributed by atoms with van der Waals surface area (Å²) in [6.07, 6.45) is 2.61. The Hall–Kier alpha value is -2.23. The highest BCUT2D eigenvalue weighted by Crippen LogP contribution is 2.37. The molecule has 0 spiro atoms. The second kappa shape index (κ2) is 8.42. The minimum Gasteiger partial charge on any atom is -0.340 e. The molecule has 9 nitrogen and oxygen atoms in total. The van der Waals surface area contributed by atoms with Crippen LogP contribution in [0.3, 0.4) is 0 Å². The predicted molar refractivity (Wildman–Crippen MR) is 104 cm³/mol. The Bertz CT molecular complexity index is 882. The second-order valence-corrected chi connectivity index (χ2v) is 7.49. The largest absolute Gasteiger partial charge is 0.340 e. The topological polar surface area (TPSA) is 137 Å².